The molecule has 0 aliphatic rings. The van der Waals surface area contributed by atoms with E-state index in [1.807, 2.05) is 69.3 Å². The fraction of sp³-hybridized carbons (Fsp3) is 0.333. The van der Waals surface area contributed by atoms with Gasteiger partial charge < -0.3 is 20.1 Å². The standard InChI is InChI=1S/C24H29N3O3/c1-4-29-19-12-10-18(11-13-19)26-23-16-21(20-8-5-6-9-22(20)27-23)24(28)25-14-7-15-30-17(2)3/h5-6,8-13,16-17H,4,7,14-15H2,1-3H3,(H,25,28)(H,26,27). The van der Waals surface area contributed by atoms with Crippen LogP contribution in [-0.2, 0) is 4.74 Å². The summed E-state index contributed by atoms with van der Waals surface area (Å²) in [6.45, 7) is 7.76. The SMILES string of the molecule is CCOc1ccc(Nc2cc(C(=O)NCCCOC(C)C)c3ccccc3n2)cc1. The van der Waals surface area contributed by atoms with Crippen LogP contribution in [0.3, 0.4) is 0 Å². The minimum absolute atomic E-state index is 0.118. The molecular formula is C24H29N3O3. The van der Waals surface area contributed by atoms with Crippen molar-refractivity contribution in [3.8, 4) is 5.75 Å². The first-order chi connectivity index (χ1) is 14.6. The number of benzene rings is 2. The number of nitrogens with one attached hydrogen (secondary N) is 2. The number of fused-ring (bicyclic) bond motifs is 1. The fourth-order valence-corrected chi connectivity index (χ4v) is 3.06. The molecule has 0 aliphatic heterocycles. The van der Waals surface area contributed by atoms with E-state index in [1.165, 1.54) is 0 Å². The highest BCUT2D eigenvalue weighted by Gasteiger charge is 2.13. The van der Waals surface area contributed by atoms with E-state index in [9.17, 15) is 4.79 Å². The zero-order valence-electron chi connectivity index (χ0n) is 17.8. The van der Waals surface area contributed by atoms with E-state index in [0.29, 0.717) is 31.1 Å². The quantitative estimate of drug-likeness (QED) is 0.467. The van der Waals surface area contributed by atoms with E-state index in [1.54, 1.807) is 6.07 Å². The van der Waals surface area contributed by atoms with Gasteiger partial charge in [0.15, 0.2) is 0 Å². The number of nitrogens with zero attached hydrogens (tertiary/aromatic N) is 1. The summed E-state index contributed by atoms with van der Waals surface area (Å²) in [5.74, 6) is 1.31. The first kappa shape index (κ1) is 21.6. The maximum atomic E-state index is 12.9. The van der Waals surface area contributed by atoms with E-state index >= 15 is 0 Å². The number of ether oxygens (including phenoxy) is 2. The van der Waals surface area contributed by atoms with Crippen molar-refractivity contribution in [1.29, 1.82) is 0 Å². The third kappa shape index (κ3) is 5.94. The molecule has 0 fully saturated rings. The molecule has 1 heterocycles. The lowest BCUT2D eigenvalue weighted by atomic mass is 10.1. The normalized spacial score (nSPS) is 10.9. The Balaban J connectivity index is 1.75. The number of amides is 1. The second-order valence-electron chi connectivity index (χ2n) is 7.18. The van der Waals surface area contributed by atoms with Crippen LogP contribution >= 0.6 is 0 Å². The number of para-hydroxylation sites is 1. The summed E-state index contributed by atoms with van der Waals surface area (Å²) < 4.78 is 11.0. The Labute approximate surface area is 177 Å². The van der Waals surface area contributed by atoms with Crippen molar-refractivity contribution in [2.24, 2.45) is 0 Å². The molecule has 1 amide bonds. The fourth-order valence-electron chi connectivity index (χ4n) is 3.06. The molecule has 0 unspecified atom stereocenters. The van der Waals surface area contributed by atoms with Gasteiger partial charge >= 0.3 is 0 Å². The van der Waals surface area contributed by atoms with Gasteiger partial charge in [0, 0.05) is 24.2 Å². The highest BCUT2D eigenvalue weighted by molar-refractivity contribution is 6.07. The summed E-state index contributed by atoms with van der Waals surface area (Å²) in [6, 6.07) is 17.1. The van der Waals surface area contributed by atoms with Crippen LogP contribution in [0.4, 0.5) is 11.5 Å². The summed E-state index contributed by atoms with van der Waals surface area (Å²) in [5.41, 5.74) is 2.24. The lowest BCUT2D eigenvalue weighted by Crippen LogP contribution is -2.26. The van der Waals surface area contributed by atoms with Gasteiger partial charge in [-0.3, -0.25) is 4.79 Å². The number of rotatable bonds is 10. The molecule has 3 aromatic rings. The predicted octanol–water partition coefficient (Wildman–Crippen LogP) is 4.92. The van der Waals surface area contributed by atoms with Gasteiger partial charge in [-0.25, -0.2) is 4.98 Å². The number of hydrogen-bond donors (Lipinski definition) is 2. The van der Waals surface area contributed by atoms with E-state index in [4.69, 9.17) is 9.47 Å². The van der Waals surface area contributed by atoms with Gasteiger partial charge in [-0.15, -0.1) is 0 Å². The molecule has 0 spiro atoms. The molecule has 0 saturated carbocycles. The molecule has 3 rings (SSSR count). The highest BCUT2D eigenvalue weighted by atomic mass is 16.5. The summed E-state index contributed by atoms with van der Waals surface area (Å²) >= 11 is 0. The maximum absolute atomic E-state index is 12.9. The van der Waals surface area contributed by atoms with Gasteiger partial charge in [0.2, 0.25) is 0 Å². The molecule has 0 saturated heterocycles. The number of anilines is 2. The molecule has 0 atom stereocenters. The summed E-state index contributed by atoms with van der Waals surface area (Å²) in [7, 11) is 0. The van der Waals surface area contributed by atoms with Gasteiger partial charge in [-0.05, 0) is 63.6 Å². The van der Waals surface area contributed by atoms with Gasteiger partial charge in [0.05, 0.1) is 23.8 Å². The summed E-state index contributed by atoms with van der Waals surface area (Å²) in [4.78, 5) is 17.5. The van der Waals surface area contributed by atoms with Crippen molar-refractivity contribution < 1.29 is 14.3 Å². The summed E-state index contributed by atoms with van der Waals surface area (Å²) in [5, 5.41) is 7.09. The monoisotopic (exact) mass is 407 g/mol. The van der Waals surface area contributed by atoms with Crippen molar-refractivity contribution in [2.75, 3.05) is 25.1 Å². The van der Waals surface area contributed by atoms with Crippen molar-refractivity contribution in [3.63, 3.8) is 0 Å². The largest absolute Gasteiger partial charge is 0.494 e. The van der Waals surface area contributed by atoms with Crippen LogP contribution in [0.1, 0.15) is 37.6 Å². The summed E-state index contributed by atoms with van der Waals surface area (Å²) in [6.07, 6.45) is 0.964. The second-order valence-corrected chi connectivity index (χ2v) is 7.18. The molecule has 30 heavy (non-hydrogen) atoms. The molecule has 0 aliphatic carbocycles. The van der Waals surface area contributed by atoms with E-state index in [0.717, 1.165) is 28.8 Å². The van der Waals surface area contributed by atoms with Crippen LogP contribution in [0.15, 0.2) is 54.6 Å². The predicted molar refractivity (Wildman–Crippen MR) is 121 cm³/mol. The van der Waals surface area contributed by atoms with Crippen molar-refractivity contribution in [3.05, 3.63) is 60.2 Å². The lowest BCUT2D eigenvalue weighted by Gasteiger charge is -2.12. The number of carbonyl (C=O) groups excluding carboxylic acids is 1. The Morgan fingerprint density at radius 1 is 1.10 bits per heavy atom. The Kier molecular flexibility index (Phi) is 7.63. The topological polar surface area (TPSA) is 72.5 Å². The average molecular weight is 408 g/mol. The third-order valence-corrected chi connectivity index (χ3v) is 4.46. The smallest absolute Gasteiger partial charge is 0.252 e. The zero-order chi connectivity index (χ0) is 21.3. The van der Waals surface area contributed by atoms with Crippen LogP contribution in [0.25, 0.3) is 10.9 Å². The van der Waals surface area contributed by atoms with E-state index < -0.39 is 0 Å². The molecule has 2 N–H and O–H groups in total. The van der Waals surface area contributed by atoms with Crippen LogP contribution < -0.4 is 15.4 Å². The van der Waals surface area contributed by atoms with Gasteiger partial charge in [-0.1, -0.05) is 18.2 Å². The lowest BCUT2D eigenvalue weighted by molar-refractivity contribution is 0.0757. The third-order valence-electron chi connectivity index (χ3n) is 4.46. The first-order valence-electron chi connectivity index (χ1n) is 10.4. The first-order valence-corrected chi connectivity index (χ1v) is 10.4. The molecule has 6 heteroatoms. The molecule has 6 nitrogen and oxygen atoms in total. The number of carbonyl (C=O) groups is 1. The molecule has 2 aromatic carbocycles. The van der Waals surface area contributed by atoms with Crippen LogP contribution in [0.5, 0.6) is 5.75 Å². The van der Waals surface area contributed by atoms with Crippen molar-refractivity contribution >= 4 is 28.3 Å². The average Bonchev–Trinajstić information content (AvgIpc) is 2.74. The number of aromatic nitrogens is 1. The maximum Gasteiger partial charge on any atom is 0.252 e. The van der Waals surface area contributed by atoms with Crippen molar-refractivity contribution in [2.45, 2.75) is 33.3 Å². The van der Waals surface area contributed by atoms with Gasteiger partial charge in [-0.2, -0.15) is 0 Å². The second kappa shape index (κ2) is 10.6. The molecule has 0 bridgehead atoms. The Morgan fingerprint density at radius 2 is 1.87 bits per heavy atom. The van der Waals surface area contributed by atoms with E-state index in [-0.39, 0.29) is 12.0 Å². The van der Waals surface area contributed by atoms with Crippen LogP contribution in [-0.4, -0.2) is 36.8 Å². The van der Waals surface area contributed by atoms with Crippen molar-refractivity contribution in [1.82, 2.24) is 10.3 Å². The molecule has 158 valence electrons. The highest BCUT2D eigenvalue weighted by Crippen LogP contribution is 2.24. The van der Waals surface area contributed by atoms with Gasteiger partial charge in [0.1, 0.15) is 11.6 Å². The Morgan fingerprint density at radius 3 is 2.60 bits per heavy atom. The number of pyridine rings is 1. The molecule has 1 aromatic heterocycles. The van der Waals surface area contributed by atoms with Crippen LogP contribution in [0, 0.1) is 0 Å². The molecular weight excluding hydrogens is 378 g/mol. The van der Waals surface area contributed by atoms with Gasteiger partial charge in [0.25, 0.3) is 5.91 Å². The Hall–Kier alpha value is -3.12. The van der Waals surface area contributed by atoms with Crippen LogP contribution in [0.2, 0.25) is 0 Å². The molecule has 0 radical (unpaired) electrons. The zero-order valence-corrected chi connectivity index (χ0v) is 17.8. The number of hydrogen-bond acceptors (Lipinski definition) is 5. The minimum Gasteiger partial charge on any atom is -0.494 e. The van der Waals surface area contributed by atoms with E-state index in [2.05, 4.69) is 15.6 Å². The Bertz CT molecular complexity index is 971. The minimum atomic E-state index is -0.118.